The van der Waals surface area contributed by atoms with E-state index in [2.05, 4.69) is 26.6 Å². The molecule has 0 aromatic heterocycles. The Labute approximate surface area is 132 Å². The van der Waals surface area contributed by atoms with Crippen molar-refractivity contribution in [3.8, 4) is 0 Å². The predicted octanol–water partition coefficient (Wildman–Crippen LogP) is 1.42. The van der Waals surface area contributed by atoms with Crippen LogP contribution in [-0.4, -0.2) is 30.9 Å². The molecular weight excluding hydrogens is 334 g/mol. The van der Waals surface area contributed by atoms with Gasteiger partial charge in [-0.05, 0) is 43.0 Å². The summed E-state index contributed by atoms with van der Waals surface area (Å²) < 4.78 is 0.923. The number of amides is 2. The lowest BCUT2D eigenvalue weighted by Gasteiger charge is -2.16. The fraction of sp³-hybridized carbons (Fsp3) is 0.467. The summed E-state index contributed by atoms with van der Waals surface area (Å²) in [6.07, 6.45) is 2.55. The Morgan fingerprint density at radius 3 is 2.52 bits per heavy atom. The van der Waals surface area contributed by atoms with Gasteiger partial charge in [0, 0.05) is 35.6 Å². The molecule has 0 aliphatic heterocycles. The van der Waals surface area contributed by atoms with E-state index in [1.165, 1.54) is 0 Å². The molecule has 21 heavy (non-hydrogen) atoms. The highest BCUT2D eigenvalue weighted by Gasteiger charge is 2.30. The second-order valence-electron chi connectivity index (χ2n) is 5.26. The Balaban J connectivity index is 1.69. The van der Waals surface area contributed by atoms with Crippen molar-refractivity contribution in [1.29, 1.82) is 0 Å². The first-order chi connectivity index (χ1) is 10.1. The van der Waals surface area contributed by atoms with Crippen LogP contribution in [0.1, 0.15) is 29.6 Å². The third kappa shape index (κ3) is 5.13. The van der Waals surface area contributed by atoms with E-state index in [0.29, 0.717) is 24.6 Å². The molecule has 1 fully saturated rings. The van der Waals surface area contributed by atoms with Gasteiger partial charge in [0.1, 0.15) is 0 Å². The van der Waals surface area contributed by atoms with Gasteiger partial charge in [-0.1, -0.05) is 15.9 Å². The molecule has 1 aromatic rings. The third-order valence-electron chi connectivity index (χ3n) is 3.54. The van der Waals surface area contributed by atoms with Gasteiger partial charge in [-0.3, -0.25) is 9.59 Å². The average molecular weight is 354 g/mol. The molecule has 2 amide bonds. The minimum Gasteiger partial charge on any atom is -0.352 e. The lowest BCUT2D eigenvalue weighted by Crippen LogP contribution is -2.42. The van der Waals surface area contributed by atoms with Crippen molar-refractivity contribution in [1.82, 2.24) is 10.6 Å². The van der Waals surface area contributed by atoms with Crippen LogP contribution in [0.15, 0.2) is 28.7 Å². The fourth-order valence-electron chi connectivity index (χ4n) is 2.14. The van der Waals surface area contributed by atoms with E-state index in [-0.39, 0.29) is 24.3 Å². The molecule has 1 aliphatic rings. The van der Waals surface area contributed by atoms with Crippen LogP contribution in [-0.2, 0) is 4.79 Å². The maximum atomic E-state index is 11.9. The topological polar surface area (TPSA) is 84.2 Å². The number of nitrogens with two attached hydrogens (primary N) is 1. The van der Waals surface area contributed by atoms with Crippen LogP contribution in [0.2, 0.25) is 0 Å². The number of hydrogen-bond donors (Lipinski definition) is 3. The molecule has 4 N–H and O–H groups in total. The zero-order valence-corrected chi connectivity index (χ0v) is 13.4. The first-order valence-electron chi connectivity index (χ1n) is 7.13. The summed E-state index contributed by atoms with van der Waals surface area (Å²) in [7, 11) is 0. The molecular formula is C15H20BrN3O2. The maximum Gasteiger partial charge on any atom is 0.251 e. The van der Waals surface area contributed by atoms with Gasteiger partial charge >= 0.3 is 0 Å². The zero-order chi connectivity index (χ0) is 15.2. The van der Waals surface area contributed by atoms with E-state index in [9.17, 15) is 9.59 Å². The highest BCUT2D eigenvalue weighted by Crippen LogP contribution is 2.32. The number of carbonyl (C=O) groups is 2. The molecule has 1 aliphatic carbocycles. The predicted molar refractivity (Wildman–Crippen MR) is 84.8 cm³/mol. The normalized spacial score (nSPS) is 15.3. The van der Waals surface area contributed by atoms with E-state index in [1.54, 1.807) is 12.1 Å². The van der Waals surface area contributed by atoms with Gasteiger partial charge in [0.2, 0.25) is 5.91 Å². The smallest absolute Gasteiger partial charge is 0.251 e. The van der Waals surface area contributed by atoms with Crippen molar-refractivity contribution in [2.75, 3.05) is 13.1 Å². The summed E-state index contributed by atoms with van der Waals surface area (Å²) in [6, 6.07) is 7.17. The van der Waals surface area contributed by atoms with Crippen LogP contribution in [0.3, 0.4) is 0 Å². The molecule has 0 saturated heterocycles. The summed E-state index contributed by atoms with van der Waals surface area (Å²) in [5.74, 6) is 0.303. The number of rotatable bonds is 7. The first-order valence-corrected chi connectivity index (χ1v) is 7.92. The van der Waals surface area contributed by atoms with Gasteiger partial charge < -0.3 is 16.4 Å². The van der Waals surface area contributed by atoms with Gasteiger partial charge in [-0.25, -0.2) is 0 Å². The molecule has 0 heterocycles. The van der Waals surface area contributed by atoms with E-state index >= 15 is 0 Å². The van der Waals surface area contributed by atoms with Gasteiger partial charge in [0.05, 0.1) is 0 Å². The second-order valence-corrected chi connectivity index (χ2v) is 6.18. The monoisotopic (exact) mass is 353 g/mol. The van der Waals surface area contributed by atoms with Crippen LogP contribution < -0.4 is 16.4 Å². The molecule has 0 spiro atoms. The van der Waals surface area contributed by atoms with E-state index < -0.39 is 0 Å². The summed E-state index contributed by atoms with van der Waals surface area (Å²) in [5.41, 5.74) is 6.22. The van der Waals surface area contributed by atoms with Gasteiger partial charge in [0.25, 0.3) is 5.91 Å². The van der Waals surface area contributed by atoms with Gasteiger partial charge in [-0.15, -0.1) is 0 Å². The minimum absolute atomic E-state index is 0.0616. The Kier molecular flexibility index (Phi) is 5.76. The van der Waals surface area contributed by atoms with Crippen molar-refractivity contribution < 1.29 is 9.59 Å². The number of nitrogens with one attached hydrogen (secondary N) is 2. The Morgan fingerprint density at radius 1 is 1.29 bits per heavy atom. The lowest BCUT2D eigenvalue weighted by atomic mass is 10.2. The molecule has 0 radical (unpaired) electrons. The molecule has 5 nitrogen and oxygen atoms in total. The second kappa shape index (κ2) is 7.56. The summed E-state index contributed by atoms with van der Waals surface area (Å²) in [6.45, 7) is 0.796. The molecule has 6 heteroatoms. The number of carbonyl (C=O) groups excluding carboxylic acids is 2. The highest BCUT2D eigenvalue weighted by molar-refractivity contribution is 9.10. The van der Waals surface area contributed by atoms with E-state index in [1.807, 2.05) is 12.1 Å². The van der Waals surface area contributed by atoms with Gasteiger partial charge in [-0.2, -0.15) is 0 Å². The zero-order valence-electron chi connectivity index (χ0n) is 11.8. The van der Waals surface area contributed by atoms with Crippen molar-refractivity contribution in [3.63, 3.8) is 0 Å². The molecule has 114 valence electrons. The largest absolute Gasteiger partial charge is 0.352 e. The summed E-state index contributed by atoms with van der Waals surface area (Å²) >= 11 is 3.32. The maximum absolute atomic E-state index is 11.9. The van der Waals surface area contributed by atoms with Crippen molar-refractivity contribution >= 4 is 27.7 Å². The van der Waals surface area contributed by atoms with E-state index in [0.717, 1.165) is 17.3 Å². The number of hydrogen-bond acceptors (Lipinski definition) is 3. The third-order valence-corrected chi connectivity index (χ3v) is 4.06. The Bertz CT molecular complexity index is 500. The minimum atomic E-state index is -0.173. The molecule has 1 unspecified atom stereocenters. The number of benzene rings is 1. The average Bonchev–Trinajstić information content (AvgIpc) is 3.30. The molecule has 0 bridgehead atoms. The quantitative estimate of drug-likeness (QED) is 0.693. The van der Waals surface area contributed by atoms with E-state index in [4.69, 9.17) is 5.73 Å². The van der Waals surface area contributed by atoms with Crippen LogP contribution in [0, 0.1) is 5.92 Å². The molecule has 2 rings (SSSR count). The van der Waals surface area contributed by atoms with Crippen LogP contribution in [0.5, 0.6) is 0 Å². The highest BCUT2D eigenvalue weighted by atomic mass is 79.9. The lowest BCUT2D eigenvalue weighted by molar-refractivity contribution is -0.121. The molecule has 1 aromatic carbocycles. The van der Waals surface area contributed by atoms with Crippen LogP contribution >= 0.6 is 15.9 Å². The van der Waals surface area contributed by atoms with Gasteiger partial charge in [0.15, 0.2) is 0 Å². The molecule has 1 atom stereocenters. The Morgan fingerprint density at radius 2 is 1.95 bits per heavy atom. The molecule has 1 saturated carbocycles. The van der Waals surface area contributed by atoms with Crippen molar-refractivity contribution in [2.45, 2.75) is 25.3 Å². The first kappa shape index (κ1) is 16.0. The number of halogens is 1. The Hall–Kier alpha value is -1.40. The van der Waals surface area contributed by atoms with Crippen LogP contribution in [0.25, 0.3) is 0 Å². The standard InChI is InChI=1S/C15H20BrN3O2/c16-12-5-3-11(4-6-12)15(21)18-8-7-14(20)19-13(9-17)10-1-2-10/h3-6,10,13H,1-2,7-9,17H2,(H,18,21)(H,19,20). The fourth-order valence-corrected chi connectivity index (χ4v) is 2.40. The van der Waals surface area contributed by atoms with Crippen LogP contribution in [0.4, 0.5) is 0 Å². The summed E-state index contributed by atoms with van der Waals surface area (Å²) in [4.78, 5) is 23.6. The van der Waals surface area contributed by atoms with Crippen molar-refractivity contribution in [2.24, 2.45) is 11.7 Å². The van der Waals surface area contributed by atoms with Crippen molar-refractivity contribution in [3.05, 3.63) is 34.3 Å². The summed E-state index contributed by atoms with van der Waals surface area (Å²) in [5, 5.41) is 5.67. The SMILES string of the molecule is NCC(NC(=O)CCNC(=O)c1ccc(Br)cc1)C1CC1.